The molecule has 0 saturated heterocycles. The Hall–Kier alpha value is -3.67. The summed E-state index contributed by atoms with van der Waals surface area (Å²) in [5, 5.41) is 5.24. The number of hydrogen-bond acceptors (Lipinski definition) is 4. The van der Waals surface area contributed by atoms with Gasteiger partial charge in [0, 0.05) is 6.54 Å². The highest BCUT2D eigenvalue weighted by atomic mass is 35.5. The summed E-state index contributed by atoms with van der Waals surface area (Å²) in [6.07, 6.45) is 4.90. The number of aromatic nitrogens is 4. The summed E-state index contributed by atoms with van der Waals surface area (Å²) < 4.78 is 3.25. The van der Waals surface area contributed by atoms with Crippen LogP contribution >= 0.6 is 42.1 Å². The van der Waals surface area contributed by atoms with E-state index in [4.69, 9.17) is 40.5 Å². The van der Waals surface area contributed by atoms with E-state index in [2.05, 4.69) is 104 Å². The SMILES string of the molecule is Cc1ccc([P+](CCCCCCn2c(=O)n(Cc3ccc(Cl)c(Cl)c3)c3nc(N)nc(Cl)c32)(c2ccc(C)cc2)c2ccc(C)cc2)cc1. The molecule has 0 unspecified atom stereocenters. The highest BCUT2D eigenvalue weighted by molar-refractivity contribution is 7.95. The number of nitrogens with zero attached hydrogens (tertiary/aromatic N) is 4. The molecular weight excluding hydrogens is 692 g/mol. The topological polar surface area (TPSA) is 78.7 Å². The predicted octanol–water partition coefficient (Wildman–Crippen LogP) is 8.66. The van der Waals surface area contributed by atoms with Crippen LogP contribution in [0.3, 0.4) is 0 Å². The first kappa shape index (κ1) is 35.2. The fourth-order valence-electron chi connectivity index (χ4n) is 6.56. The van der Waals surface area contributed by atoms with Gasteiger partial charge in [-0.2, -0.15) is 9.97 Å². The zero-order chi connectivity index (χ0) is 34.7. The van der Waals surface area contributed by atoms with Gasteiger partial charge in [-0.25, -0.2) is 4.79 Å². The highest BCUT2D eigenvalue weighted by Crippen LogP contribution is 2.56. The Kier molecular flexibility index (Phi) is 10.8. The van der Waals surface area contributed by atoms with Crippen molar-refractivity contribution in [1.82, 2.24) is 19.1 Å². The van der Waals surface area contributed by atoms with Gasteiger partial charge in [-0.05, 0) is 94.1 Å². The molecule has 4 aromatic carbocycles. The molecule has 0 aliphatic rings. The van der Waals surface area contributed by atoms with Gasteiger partial charge in [0.15, 0.2) is 10.8 Å². The Morgan fingerprint density at radius 1 is 0.653 bits per heavy atom. The molecule has 0 atom stereocenters. The van der Waals surface area contributed by atoms with E-state index >= 15 is 0 Å². The number of nitrogens with two attached hydrogens (primary N) is 1. The van der Waals surface area contributed by atoms with E-state index in [1.807, 2.05) is 6.07 Å². The summed E-state index contributed by atoms with van der Waals surface area (Å²) in [5.74, 6) is 0.0140. The van der Waals surface area contributed by atoms with Crippen molar-refractivity contribution < 1.29 is 0 Å². The van der Waals surface area contributed by atoms with E-state index < -0.39 is 7.26 Å². The van der Waals surface area contributed by atoms with Crippen LogP contribution in [0.5, 0.6) is 0 Å². The van der Waals surface area contributed by atoms with Crippen LogP contribution in [0.15, 0.2) is 95.8 Å². The Labute approximate surface area is 303 Å². The van der Waals surface area contributed by atoms with E-state index in [0.29, 0.717) is 27.8 Å². The molecule has 0 bridgehead atoms. The Balaban J connectivity index is 1.23. The van der Waals surface area contributed by atoms with Gasteiger partial charge in [0.2, 0.25) is 5.95 Å². The van der Waals surface area contributed by atoms with Gasteiger partial charge in [0.1, 0.15) is 28.7 Å². The summed E-state index contributed by atoms with van der Waals surface area (Å²) in [5.41, 5.74) is 11.2. The first-order valence-electron chi connectivity index (χ1n) is 16.5. The van der Waals surface area contributed by atoms with Crippen molar-refractivity contribution in [3.05, 3.63) is 139 Å². The molecule has 0 aliphatic heterocycles. The highest BCUT2D eigenvalue weighted by Gasteiger charge is 2.44. The number of benzene rings is 4. The lowest BCUT2D eigenvalue weighted by Gasteiger charge is -2.28. The van der Waals surface area contributed by atoms with E-state index in [-0.39, 0.29) is 23.3 Å². The second-order valence-corrected chi connectivity index (χ2v) is 17.6. The molecule has 6 rings (SSSR count). The van der Waals surface area contributed by atoms with E-state index in [1.165, 1.54) is 32.6 Å². The van der Waals surface area contributed by atoms with Crippen molar-refractivity contribution in [2.75, 3.05) is 11.9 Å². The van der Waals surface area contributed by atoms with Crippen molar-refractivity contribution in [3.63, 3.8) is 0 Å². The number of nitrogen functional groups attached to an aromatic ring is 1. The zero-order valence-corrected chi connectivity index (χ0v) is 31.1. The third kappa shape index (κ3) is 7.44. The average molecular weight is 732 g/mol. The van der Waals surface area contributed by atoms with E-state index in [1.54, 1.807) is 21.3 Å². The first-order valence-corrected chi connectivity index (χ1v) is 19.6. The van der Waals surface area contributed by atoms with Crippen molar-refractivity contribution in [2.24, 2.45) is 0 Å². The summed E-state index contributed by atoms with van der Waals surface area (Å²) in [4.78, 5) is 22.4. The van der Waals surface area contributed by atoms with Crippen molar-refractivity contribution in [1.29, 1.82) is 0 Å². The standard InChI is InChI=1S/C39H40Cl3N5OP/c1-26-8-15-30(16-9-26)49(31-17-10-27(2)11-18-31,32-19-12-28(3)13-20-32)23-7-5-4-6-22-46-35-36(42)44-38(43)45-37(35)47(39(46)48)25-29-14-21-33(40)34(41)24-29/h8-21,24H,4-7,22-23,25H2,1-3H3,(H2,43,44,45)/q+1. The number of unbranched alkanes of at least 4 members (excludes halogenated alkanes) is 3. The predicted molar refractivity (Wildman–Crippen MR) is 209 cm³/mol. The van der Waals surface area contributed by atoms with Gasteiger partial charge < -0.3 is 5.73 Å². The summed E-state index contributed by atoms with van der Waals surface area (Å²) >= 11 is 19.0. The third-order valence-corrected chi connectivity index (χ3v) is 14.7. The minimum Gasteiger partial charge on any atom is -0.368 e. The smallest absolute Gasteiger partial charge is 0.330 e. The maximum atomic E-state index is 13.8. The quantitative estimate of drug-likeness (QED) is 0.0777. The molecule has 10 heteroatoms. The van der Waals surface area contributed by atoms with Crippen LogP contribution in [0.25, 0.3) is 11.2 Å². The largest absolute Gasteiger partial charge is 0.368 e. The number of anilines is 1. The van der Waals surface area contributed by atoms with E-state index in [0.717, 1.165) is 37.4 Å². The molecule has 6 aromatic rings. The maximum absolute atomic E-state index is 13.8. The molecule has 2 aromatic heterocycles. The van der Waals surface area contributed by atoms with Gasteiger partial charge in [-0.3, -0.25) is 9.13 Å². The fourth-order valence-corrected chi connectivity index (χ4v) is 11.5. The monoisotopic (exact) mass is 730 g/mol. The maximum Gasteiger partial charge on any atom is 0.330 e. The minimum atomic E-state index is -1.93. The number of aryl methyl sites for hydroxylation is 4. The molecule has 252 valence electrons. The lowest BCUT2D eigenvalue weighted by Crippen LogP contribution is -2.33. The molecule has 2 heterocycles. The zero-order valence-electron chi connectivity index (χ0n) is 28.0. The average Bonchev–Trinajstić information content (AvgIpc) is 3.34. The van der Waals surface area contributed by atoms with Crippen molar-refractivity contribution >= 4 is 75.1 Å². The summed E-state index contributed by atoms with van der Waals surface area (Å²) in [7, 11) is -1.93. The molecule has 0 fully saturated rings. The van der Waals surface area contributed by atoms with Crippen molar-refractivity contribution in [2.45, 2.75) is 59.5 Å². The number of fused-ring (bicyclic) bond motifs is 1. The van der Waals surface area contributed by atoms with Crippen molar-refractivity contribution in [3.8, 4) is 0 Å². The molecule has 6 nitrogen and oxygen atoms in total. The Morgan fingerprint density at radius 2 is 1.18 bits per heavy atom. The molecule has 0 radical (unpaired) electrons. The fraction of sp³-hybridized carbons (Fsp3) is 0.256. The molecular formula is C39H40Cl3N5OP+. The number of imidazole rings is 1. The Morgan fingerprint density at radius 3 is 1.71 bits per heavy atom. The molecule has 0 aliphatic carbocycles. The molecule has 49 heavy (non-hydrogen) atoms. The number of rotatable bonds is 12. The lowest BCUT2D eigenvalue weighted by atomic mass is 10.2. The third-order valence-electron chi connectivity index (χ3n) is 9.20. The Bertz CT molecular complexity index is 2030. The van der Waals surface area contributed by atoms with Gasteiger partial charge in [-0.15, -0.1) is 0 Å². The second kappa shape index (κ2) is 15.1. The normalized spacial score (nSPS) is 11.8. The van der Waals surface area contributed by atoms with Gasteiger partial charge in [0.05, 0.1) is 22.8 Å². The van der Waals surface area contributed by atoms with E-state index in [9.17, 15) is 4.79 Å². The molecule has 0 amide bonds. The van der Waals surface area contributed by atoms with Gasteiger partial charge >= 0.3 is 5.69 Å². The van der Waals surface area contributed by atoms with Gasteiger partial charge in [-0.1, -0.05) is 100 Å². The van der Waals surface area contributed by atoms with Crippen LogP contribution in [0.2, 0.25) is 15.2 Å². The van der Waals surface area contributed by atoms with Crippen LogP contribution in [0, 0.1) is 20.8 Å². The molecule has 0 spiro atoms. The number of halogens is 3. The van der Waals surface area contributed by atoms with Crippen LogP contribution in [0.4, 0.5) is 5.95 Å². The lowest BCUT2D eigenvalue weighted by molar-refractivity contribution is 0.570. The second-order valence-electron chi connectivity index (χ2n) is 12.8. The molecule has 2 N–H and O–H groups in total. The summed E-state index contributed by atoms with van der Waals surface area (Å²) in [6, 6.07) is 32.8. The van der Waals surface area contributed by atoms with Crippen LogP contribution in [-0.2, 0) is 13.1 Å². The first-order chi connectivity index (χ1) is 23.6. The minimum absolute atomic E-state index is 0.0140. The van der Waals surface area contributed by atoms with Crippen LogP contribution in [0.1, 0.15) is 47.9 Å². The van der Waals surface area contributed by atoms with Gasteiger partial charge in [0.25, 0.3) is 0 Å². The van der Waals surface area contributed by atoms with Crippen LogP contribution < -0.4 is 27.3 Å². The summed E-state index contributed by atoms with van der Waals surface area (Å²) in [6.45, 7) is 7.17. The molecule has 0 saturated carbocycles. The van der Waals surface area contributed by atoms with Crippen LogP contribution in [-0.4, -0.2) is 25.3 Å². The number of hydrogen-bond donors (Lipinski definition) is 1.